The van der Waals surface area contributed by atoms with Crippen molar-refractivity contribution < 1.29 is 4.74 Å². The van der Waals surface area contributed by atoms with E-state index in [1.807, 2.05) is 0 Å². The van der Waals surface area contributed by atoms with Crippen LogP contribution in [0.15, 0.2) is 24.3 Å². The van der Waals surface area contributed by atoms with E-state index in [-0.39, 0.29) is 0 Å². The minimum absolute atomic E-state index is 0.565. The molecule has 0 bridgehead atoms. The fraction of sp³-hybridized carbons (Fsp3) is 0.667. The Morgan fingerprint density at radius 1 is 1.05 bits per heavy atom. The van der Waals surface area contributed by atoms with Gasteiger partial charge in [-0.3, -0.25) is 0 Å². The normalized spacial score (nSPS) is 12.7. The summed E-state index contributed by atoms with van der Waals surface area (Å²) in [7, 11) is 0. The molecule has 0 N–H and O–H groups in total. The third kappa shape index (κ3) is 6.13. The molecule has 0 saturated heterocycles. The maximum absolute atomic E-state index is 6.01. The number of unbranched alkanes of at least 4 members (excludes halogenated alkanes) is 1. The lowest BCUT2D eigenvalue weighted by Gasteiger charge is -2.17. The molecule has 0 aromatic heterocycles. The third-order valence-corrected chi connectivity index (χ3v) is 3.67. The van der Waals surface area contributed by atoms with E-state index < -0.39 is 0 Å². The van der Waals surface area contributed by atoms with Crippen molar-refractivity contribution in [3.05, 3.63) is 29.8 Å². The Kier molecular flexibility index (Phi) is 7.62. The van der Waals surface area contributed by atoms with Crippen LogP contribution in [0.4, 0.5) is 0 Å². The number of hydrogen-bond acceptors (Lipinski definition) is 1. The molecule has 0 spiro atoms. The molecule has 0 heterocycles. The van der Waals surface area contributed by atoms with Crippen LogP contribution < -0.4 is 4.74 Å². The first-order valence-electron chi connectivity index (χ1n) is 7.90. The van der Waals surface area contributed by atoms with Crippen LogP contribution in [0.25, 0.3) is 0 Å². The number of rotatable bonds is 9. The largest absolute Gasteiger partial charge is 0.493 e. The zero-order valence-electron chi connectivity index (χ0n) is 13.1. The Hall–Kier alpha value is -0.980. The molecule has 1 aromatic carbocycles. The van der Waals surface area contributed by atoms with Crippen molar-refractivity contribution in [3.8, 4) is 5.75 Å². The molecule has 1 nitrogen and oxygen atoms in total. The van der Waals surface area contributed by atoms with Crippen molar-refractivity contribution in [1.29, 1.82) is 0 Å². The van der Waals surface area contributed by atoms with Crippen LogP contribution in [0.2, 0.25) is 0 Å². The fourth-order valence-corrected chi connectivity index (χ4v) is 2.39. The van der Waals surface area contributed by atoms with Crippen molar-refractivity contribution in [2.24, 2.45) is 5.92 Å². The van der Waals surface area contributed by atoms with E-state index in [4.69, 9.17) is 4.74 Å². The summed E-state index contributed by atoms with van der Waals surface area (Å²) in [6.07, 6.45) is 6.44. The number of hydrogen-bond donors (Lipinski definition) is 0. The maximum Gasteiger partial charge on any atom is 0.119 e. The molecule has 0 fully saturated rings. The Morgan fingerprint density at radius 2 is 1.84 bits per heavy atom. The molecule has 108 valence electrons. The molecule has 19 heavy (non-hydrogen) atoms. The van der Waals surface area contributed by atoms with E-state index in [0.29, 0.717) is 11.8 Å². The fourth-order valence-electron chi connectivity index (χ4n) is 2.39. The summed E-state index contributed by atoms with van der Waals surface area (Å²) >= 11 is 0. The molecule has 1 unspecified atom stereocenters. The van der Waals surface area contributed by atoms with Gasteiger partial charge >= 0.3 is 0 Å². The second-order valence-electron chi connectivity index (χ2n) is 5.84. The zero-order chi connectivity index (χ0) is 14.1. The van der Waals surface area contributed by atoms with Gasteiger partial charge in [-0.2, -0.15) is 0 Å². The highest BCUT2D eigenvalue weighted by Gasteiger charge is 2.09. The average molecular weight is 262 g/mol. The summed E-state index contributed by atoms with van der Waals surface area (Å²) in [6.45, 7) is 9.84. The summed E-state index contributed by atoms with van der Waals surface area (Å²) < 4.78 is 6.01. The molecular weight excluding hydrogens is 232 g/mol. The number of benzene rings is 1. The standard InChI is InChI=1S/C18H30O/c1-5-7-10-16(9-6-2)14-19-18-12-8-11-17(13-18)15(3)4/h8,11-13,15-16H,5-7,9-10,14H2,1-4H3. The Labute approximate surface area is 119 Å². The van der Waals surface area contributed by atoms with Crippen LogP contribution in [-0.4, -0.2) is 6.61 Å². The molecule has 1 heteroatoms. The van der Waals surface area contributed by atoms with Crippen LogP contribution in [0, 0.1) is 5.92 Å². The predicted octanol–water partition coefficient (Wildman–Crippen LogP) is 5.80. The lowest BCUT2D eigenvalue weighted by molar-refractivity contribution is 0.227. The van der Waals surface area contributed by atoms with Crippen LogP contribution in [0.3, 0.4) is 0 Å². The smallest absolute Gasteiger partial charge is 0.119 e. The highest BCUT2D eigenvalue weighted by Crippen LogP contribution is 2.22. The zero-order valence-corrected chi connectivity index (χ0v) is 13.1. The van der Waals surface area contributed by atoms with Gasteiger partial charge in [0.1, 0.15) is 5.75 Å². The topological polar surface area (TPSA) is 9.23 Å². The lowest BCUT2D eigenvalue weighted by atomic mass is 9.98. The Bertz CT molecular complexity index is 343. The van der Waals surface area contributed by atoms with Gasteiger partial charge in [-0.1, -0.05) is 59.1 Å². The van der Waals surface area contributed by atoms with Crippen LogP contribution in [-0.2, 0) is 0 Å². The van der Waals surface area contributed by atoms with Gasteiger partial charge in [-0.15, -0.1) is 0 Å². The minimum Gasteiger partial charge on any atom is -0.493 e. The van der Waals surface area contributed by atoms with Crippen molar-refractivity contribution >= 4 is 0 Å². The van der Waals surface area contributed by atoms with Gasteiger partial charge in [0.2, 0.25) is 0 Å². The summed E-state index contributed by atoms with van der Waals surface area (Å²) in [4.78, 5) is 0. The van der Waals surface area contributed by atoms with Crippen LogP contribution in [0.5, 0.6) is 5.75 Å². The van der Waals surface area contributed by atoms with Gasteiger partial charge in [0, 0.05) is 0 Å². The van der Waals surface area contributed by atoms with Gasteiger partial charge in [0.25, 0.3) is 0 Å². The van der Waals surface area contributed by atoms with Crippen LogP contribution >= 0.6 is 0 Å². The highest BCUT2D eigenvalue weighted by molar-refractivity contribution is 5.30. The maximum atomic E-state index is 6.01. The van der Waals surface area contributed by atoms with E-state index in [0.717, 1.165) is 12.4 Å². The molecular formula is C18H30O. The van der Waals surface area contributed by atoms with Crippen molar-refractivity contribution in [2.45, 2.75) is 65.7 Å². The Morgan fingerprint density at radius 3 is 2.47 bits per heavy atom. The second-order valence-corrected chi connectivity index (χ2v) is 5.84. The van der Waals surface area contributed by atoms with Gasteiger partial charge in [0.05, 0.1) is 6.61 Å². The monoisotopic (exact) mass is 262 g/mol. The average Bonchev–Trinajstić information content (AvgIpc) is 2.42. The first kappa shape index (κ1) is 16.1. The van der Waals surface area contributed by atoms with Gasteiger partial charge in [0.15, 0.2) is 0 Å². The van der Waals surface area contributed by atoms with E-state index in [1.165, 1.54) is 37.7 Å². The third-order valence-electron chi connectivity index (χ3n) is 3.67. The van der Waals surface area contributed by atoms with Gasteiger partial charge in [-0.25, -0.2) is 0 Å². The number of ether oxygens (including phenoxy) is 1. The highest BCUT2D eigenvalue weighted by atomic mass is 16.5. The van der Waals surface area contributed by atoms with Gasteiger partial charge in [-0.05, 0) is 42.4 Å². The van der Waals surface area contributed by atoms with Crippen LogP contribution in [0.1, 0.15) is 71.3 Å². The molecule has 0 aliphatic carbocycles. The molecule has 0 aliphatic rings. The first-order chi connectivity index (χ1) is 9.17. The predicted molar refractivity (Wildman–Crippen MR) is 83.9 cm³/mol. The summed E-state index contributed by atoms with van der Waals surface area (Å²) in [5.41, 5.74) is 1.36. The summed E-state index contributed by atoms with van der Waals surface area (Å²) in [5, 5.41) is 0. The SMILES string of the molecule is CCCCC(CCC)COc1cccc(C(C)C)c1. The molecule has 1 rings (SSSR count). The molecule has 1 atom stereocenters. The Balaban J connectivity index is 2.50. The van der Waals surface area contributed by atoms with Crippen molar-refractivity contribution in [3.63, 3.8) is 0 Å². The molecule has 0 amide bonds. The first-order valence-corrected chi connectivity index (χ1v) is 7.90. The van der Waals surface area contributed by atoms with Gasteiger partial charge < -0.3 is 4.74 Å². The molecule has 0 saturated carbocycles. The second kappa shape index (κ2) is 9.01. The van der Waals surface area contributed by atoms with Crippen molar-refractivity contribution in [1.82, 2.24) is 0 Å². The van der Waals surface area contributed by atoms with E-state index in [9.17, 15) is 0 Å². The quantitative estimate of drug-likeness (QED) is 0.547. The van der Waals surface area contributed by atoms with E-state index >= 15 is 0 Å². The lowest BCUT2D eigenvalue weighted by Crippen LogP contribution is -2.12. The molecule has 0 aliphatic heterocycles. The summed E-state index contributed by atoms with van der Waals surface area (Å²) in [5.74, 6) is 2.31. The molecule has 0 radical (unpaired) electrons. The minimum atomic E-state index is 0.565. The van der Waals surface area contributed by atoms with E-state index in [1.54, 1.807) is 0 Å². The van der Waals surface area contributed by atoms with E-state index in [2.05, 4.69) is 52.0 Å². The van der Waals surface area contributed by atoms with Crippen molar-refractivity contribution in [2.75, 3.05) is 6.61 Å². The summed E-state index contributed by atoms with van der Waals surface area (Å²) in [6, 6.07) is 8.55. The molecule has 1 aromatic rings.